The van der Waals surface area contributed by atoms with Crippen LogP contribution in [0.15, 0.2) is 0 Å². The minimum absolute atomic E-state index is 0. The predicted octanol–water partition coefficient (Wildman–Crippen LogP) is 0.594. The van der Waals surface area contributed by atoms with Crippen LogP contribution >= 0.6 is 0 Å². The van der Waals surface area contributed by atoms with Gasteiger partial charge in [-0.15, -0.1) is 0 Å². The maximum Gasteiger partial charge on any atom is 1.00 e. The average Bonchev–Trinajstić information content (AvgIpc) is 0.918. The van der Waals surface area contributed by atoms with Gasteiger partial charge < -0.3 is 12.3 Å². The molecule has 0 atom stereocenters. The summed E-state index contributed by atoms with van der Waals surface area (Å²) in [5, 5.41) is 0. The maximum absolute atomic E-state index is 5.96. The molecule has 0 bridgehead atoms. The molecule has 4 heavy (non-hydrogen) atoms. The van der Waals surface area contributed by atoms with Crippen molar-refractivity contribution in [3.05, 3.63) is 6.42 Å². The summed E-state index contributed by atoms with van der Waals surface area (Å²) >= 11 is 0. The molecule has 1 heteroatoms. The summed E-state index contributed by atoms with van der Waals surface area (Å²) in [6.45, 7) is 1.54. The molecule has 0 unspecified atom stereocenters. The normalized spacial score (nSPS) is 2.00. The second kappa shape index (κ2) is 10.3. The molecule has 0 spiro atoms. The van der Waals surface area contributed by atoms with Crippen LogP contribution in [0.25, 0.3) is 0 Å². The van der Waals surface area contributed by atoms with Crippen molar-refractivity contribution in [2.24, 2.45) is 0 Å². The minimum Gasteiger partial charge on any atom is -0.694 e. The van der Waals surface area contributed by atoms with E-state index in [2.05, 4.69) is 0 Å². The number of hydrogen-bond donors (Lipinski definition) is 0. The summed E-state index contributed by atoms with van der Waals surface area (Å²) in [6.07, 6.45) is 5.96. The molecule has 0 aromatic rings. The van der Waals surface area contributed by atoms with Crippen LogP contribution in [-0.2, 0) is 22.4 Å². The van der Waals surface area contributed by atoms with Crippen molar-refractivity contribution in [1.82, 2.24) is 0 Å². The van der Waals surface area contributed by atoms with E-state index < -0.39 is 0 Å². The fourth-order valence-corrected chi connectivity index (χ4v) is 0. The molecule has 0 radical (unpaired) electrons. The molecular formula is C3H3Ag. The molecule has 0 heterocycles. The van der Waals surface area contributed by atoms with Gasteiger partial charge in [0, 0.05) is 0 Å². The Hall–Kier alpha value is 0.300. The second-order valence-electron chi connectivity index (χ2n) is 0.250. The van der Waals surface area contributed by atoms with Gasteiger partial charge in [0.25, 0.3) is 0 Å². The Balaban J connectivity index is 0. The van der Waals surface area contributed by atoms with Gasteiger partial charge in [0.15, 0.2) is 0 Å². The first-order valence-electron chi connectivity index (χ1n) is 0.750. The van der Waals surface area contributed by atoms with E-state index in [1.807, 2.05) is 5.92 Å². The summed E-state index contributed by atoms with van der Waals surface area (Å²) in [6, 6.07) is 0. The van der Waals surface area contributed by atoms with Crippen molar-refractivity contribution in [2.75, 3.05) is 0 Å². The van der Waals surface area contributed by atoms with Crippen molar-refractivity contribution in [3.63, 3.8) is 0 Å². The van der Waals surface area contributed by atoms with Crippen LogP contribution in [0.5, 0.6) is 0 Å². The maximum atomic E-state index is 5.96. The van der Waals surface area contributed by atoms with Gasteiger partial charge in [-0.05, 0) is 6.92 Å². The van der Waals surface area contributed by atoms with E-state index in [1.165, 1.54) is 0 Å². The first-order chi connectivity index (χ1) is 1.41. The third-order valence-corrected chi connectivity index (χ3v) is 0. The van der Waals surface area contributed by atoms with Gasteiger partial charge in [-0.2, -0.15) is 0 Å². The summed E-state index contributed by atoms with van der Waals surface area (Å²) in [7, 11) is 0. The Morgan fingerprint density at radius 3 is 1.75 bits per heavy atom. The van der Waals surface area contributed by atoms with E-state index in [1.54, 1.807) is 6.92 Å². The molecule has 0 amide bonds. The molecule has 0 saturated carbocycles. The number of rotatable bonds is 0. The van der Waals surface area contributed by atoms with Crippen LogP contribution in [-0.4, -0.2) is 0 Å². The molecule has 0 aromatic carbocycles. The number of hydrogen-bond acceptors (Lipinski definition) is 0. The molecular weight excluding hydrogens is 144 g/mol. The molecule has 0 fully saturated rings. The van der Waals surface area contributed by atoms with Gasteiger partial charge in [0.1, 0.15) is 0 Å². The van der Waals surface area contributed by atoms with Gasteiger partial charge >= 0.3 is 22.4 Å². The van der Waals surface area contributed by atoms with Crippen LogP contribution in [0.2, 0.25) is 0 Å². The fraction of sp³-hybridized carbons (Fsp3) is 0.333. The van der Waals surface area contributed by atoms with Gasteiger partial charge in [-0.3, -0.25) is 0 Å². The largest absolute Gasteiger partial charge is 1.00 e. The first kappa shape index (κ1) is 8.85. The minimum atomic E-state index is 0. The Kier molecular flexibility index (Phi) is 22.9. The fourth-order valence-electron chi connectivity index (χ4n) is 0. The third-order valence-electron chi connectivity index (χ3n) is 0. The van der Waals surface area contributed by atoms with E-state index in [0.717, 1.165) is 0 Å². The molecule has 0 saturated heterocycles. The monoisotopic (exact) mass is 146 g/mol. The second-order valence-corrected chi connectivity index (χ2v) is 0.250. The van der Waals surface area contributed by atoms with Gasteiger partial charge in [-0.1, -0.05) is 0 Å². The Labute approximate surface area is 42.1 Å². The Morgan fingerprint density at radius 1 is 1.75 bits per heavy atom. The van der Waals surface area contributed by atoms with Crippen LogP contribution in [0.3, 0.4) is 0 Å². The standard InChI is InChI=1S/C3H3.Ag/c1-3-2;/h1H3;/q-1;+1. The van der Waals surface area contributed by atoms with E-state index in [0.29, 0.717) is 0 Å². The van der Waals surface area contributed by atoms with Crippen molar-refractivity contribution in [3.8, 4) is 5.92 Å². The SMILES string of the molecule is [Ag+].[C-]#CC. The van der Waals surface area contributed by atoms with Crippen molar-refractivity contribution in [2.45, 2.75) is 6.92 Å². The molecule has 0 rings (SSSR count). The van der Waals surface area contributed by atoms with Crippen molar-refractivity contribution in [1.29, 1.82) is 0 Å². The van der Waals surface area contributed by atoms with E-state index in [9.17, 15) is 0 Å². The molecule has 0 aliphatic heterocycles. The van der Waals surface area contributed by atoms with Gasteiger partial charge in [0.2, 0.25) is 0 Å². The summed E-state index contributed by atoms with van der Waals surface area (Å²) in [4.78, 5) is 0. The first-order valence-corrected chi connectivity index (χ1v) is 0.750. The smallest absolute Gasteiger partial charge is 0.694 e. The van der Waals surface area contributed by atoms with Crippen LogP contribution in [0.4, 0.5) is 0 Å². The van der Waals surface area contributed by atoms with Gasteiger partial charge in [0.05, 0.1) is 0 Å². The zero-order chi connectivity index (χ0) is 2.71. The zero-order valence-electron chi connectivity index (χ0n) is 2.30. The van der Waals surface area contributed by atoms with Crippen molar-refractivity contribution >= 4 is 0 Å². The van der Waals surface area contributed by atoms with Gasteiger partial charge in [-0.25, -0.2) is 0 Å². The van der Waals surface area contributed by atoms with Crippen LogP contribution < -0.4 is 0 Å². The summed E-state index contributed by atoms with van der Waals surface area (Å²) in [5.41, 5.74) is 0. The summed E-state index contributed by atoms with van der Waals surface area (Å²) in [5.74, 6) is 2.00. The zero-order valence-corrected chi connectivity index (χ0v) is 3.78. The average molecular weight is 147 g/mol. The molecule has 0 aliphatic rings. The topological polar surface area (TPSA) is 0 Å². The predicted molar refractivity (Wildman–Crippen MR) is 12.8 cm³/mol. The van der Waals surface area contributed by atoms with E-state index >= 15 is 0 Å². The molecule has 0 aromatic heterocycles. The molecule has 0 nitrogen and oxygen atoms in total. The van der Waals surface area contributed by atoms with E-state index in [4.69, 9.17) is 6.42 Å². The summed E-state index contributed by atoms with van der Waals surface area (Å²) < 4.78 is 0. The Bertz CT molecular complexity index is 24.8. The van der Waals surface area contributed by atoms with Crippen LogP contribution in [0, 0.1) is 12.3 Å². The quantitative estimate of drug-likeness (QED) is 0.267. The molecule has 0 aliphatic carbocycles. The molecule has 0 N–H and O–H groups in total. The molecule has 26 valence electrons. The third kappa shape index (κ3) is 43.1. The van der Waals surface area contributed by atoms with Crippen LogP contribution in [0.1, 0.15) is 6.92 Å². The Morgan fingerprint density at radius 2 is 1.75 bits per heavy atom. The van der Waals surface area contributed by atoms with Crippen molar-refractivity contribution < 1.29 is 22.4 Å². The van der Waals surface area contributed by atoms with E-state index in [-0.39, 0.29) is 22.4 Å².